The third-order valence-corrected chi connectivity index (χ3v) is 12.1. The number of aryl methyl sites for hydroxylation is 1. The number of nitrogens with one attached hydrogen (secondary N) is 2. The molecule has 4 aliphatic heterocycles. The van der Waals surface area contributed by atoms with Crippen molar-refractivity contribution in [2.24, 2.45) is 16.7 Å². The summed E-state index contributed by atoms with van der Waals surface area (Å²) in [7, 11) is 3.39. The van der Waals surface area contributed by atoms with Crippen molar-refractivity contribution in [3.05, 3.63) is 78.0 Å². The first kappa shape index (κ1) is 39.9. The first-order chi connectivity index (χ1) is 29.5. The summed E-state index contributed by atoms with van der Waals surface area (Å²) in [6.07, 6.45) is 6.87. The van der Waals surface area contributed by atoms with Gasteiger partial charge in [0.1, 0.15) is 47.2 Å². The van der Waals surface area contributed by atoms with Crippen LogP contribution in [0.3, 0.4) is 0 Å². The molecule has 318 valence electrons. The summed E-state index contributed by atoms with van der Waals surface area (Å²) in [5.41, 5.74) is 9.51. The van der Waals surface area contributed by atoms with Crippen molar-refractivity contribution in [2.45, 2.75) is 75.8 Å². The highest BCUT2D eigenvalue weighted by Crippen LogP contribution is 2.43. The van der Waals surface area contributed by atoms with E-state index in [1.807, 2.05) is 40.1 Å². The number of rotatable bonds is 5. The van der Waals surface area contributed by atoms with E-state index in [0.717, 1.165) is 43.6 Å². The largest absolute Gasteiger partial charge is 0.388 e. The van der Waals surface area contributed by atoms with Crippen molar-refractivity contribution in [3.8, 4) is 16.9 Å². The van der Waals surface area contributed by atoms with Gasteiger partial charge in [0, 0.05) is 63.1 Å². The molecule has 4 aliphatic rings. The van der Waals surface area contributed by atoms with Gasteiger partial charge in [0.2, 0.25) is 11.9 Å². The molecule has 6 aromatic rings. The van der Waals surface area contributed by atoms with Crippen molar-refractivity contribution in [2.75, 3.05) is 42.4 Å². The van der Waals surface area contributed by atoms with Gasteiger partial charge in [-0.25, -0.2) is 39.2 Å². The number of hydrogen-bond donors (Lipinski definition) is 4. The number of hydrazine groups is 1. The molecule has 20 heteroatoms. The van der Waals surface area contributed by atoms with E-state index in [1.165, 1.54) is 28.9 Å². The number of nitrogens with two attached hydrogens (primary N) is 2. The van der Waals surface area contributed by atoms with Crippen LogP contribution in [0, 0.1) is 24.4 Å². The molecular weight excluding hydrogens is 792 g/mol. The second-order valence-electron chi connectivity index (χ2n) is 15.8. The van der Waals surface area contributed by atoms with E-state index in [9.17, 15) is 9.18 Å². The highest BCUT2D eigenvalue weighted by atomic mass is 19.1. The van der Waals surface area contributed by atoms with Gasteiger partial charge in [-0.2, -0.15) is 20.2 Å². The summed E-state index contributed by atoms with van der Waals surface area (Å²) < 4.78 is 53.8. The van der Waals surface area contributed by atoms with Crippen molar-refractivity contribution >= 4 is 51.9 Å². The van der Waals surface area contributed by atoms with E-state index in [2.05, 4.69) is 31.2 Å². The number of benzene rings is 2. The maximum absolute atomic E-state index is 15.3. The highest BCUT2D eigenvalue weighted by molar-refractivity contribution is 5.94. The van der Waals surface area contributed by atoms with Gasteiger partial charge in [-0.3, -0.25) is 4.79 Å². The van der Waals surface area contributed by atoms with Gasteiger partial charge in [-0.1, -0.05) is 6.07 Å². The van der Waals surface area contributed by atoms with Crippen LogP contribution in [0.5, 0.6) is 0 Å². The Labute approximate surface area is 348 Å². The third-order valence-electron chi connectivity index (χ3n) is 12.1. The number of ether oxygens (including phenoxy) is 1. The number of methoxy groups -OCH3 is 1. The third kappa shape index (κ3) is 7.28. The Morgan fingerprint density at radius 3 is 2.52 bits per heavy atom. The summed E-state index contributed by atoms with van der Waals surface area (Å²) in [6, 6.07) is 11.5. The molecular formula is C41H46F3N15O2. The number of likely N-dealkylation sites (N-methyl/N-ethyl adjacent to an activating group) is 1. The maximum Gasteiger partial charge on any atom is 0.245 e. The quantitative estimate of drug-likeness (QED) is 0.0843. The number of carbonyl (C=O) groups is 1. The number of carbonyl (C=O) groups excluding carboxylic acids is 1. The fraction of sp³-hybridized carbons (Fsp3) is 0.390. The van der Waals surface area contributed by atoms with Crippen LogP contribution < -0.4 is 32.2 Å². The van der Waals surface area contributed by atoms with Gasteiger partial charge in [-0.15, -0.1) is 0 Å². The minimum absolute atomic E-state index is 0.0546. The second kappa shape index (κ2) is 16.1. The molecule has 2 aromatic carbocycles. The molecule has 5 atom stereocenters. The fourth-order valence-electron chi connectivity index (χ4n) is 9.33. The lowest BCUT2D eigenvalue weighted by molar-refractivity contribution is -0.132. The van der Waals surface area contributed by atoms with E-state index < -0.39 is 29.6 Å². The molecule has 0 spiro atoms. The Hall–Kier alpha value is -6.54. The summed E-state index contributed by atoms with van der Waals surface area (Å²) in [4.78, 5) is 40.5. The predicted molar refractivity (Wildman–Crippen MR) is 224 cm³/mol. The molecule has 6 N–H and O–H groups in total. The number of nitrogens with zero attached hydrogens (tertiary/aromatic N) is 11. The number of aromatic nitrogens is 7. The predicted octanol–water partition coefficient (Wildman–Crippen LogP) is 3.98. The average molecular weight is 838 g/mol. The number of pyridine rings is 1. The van der Waals surface area contributed by atoms with Gasteiger partial charge in [0.15, 0.2) is 11.5 Å². The minimum Gasteiger partial charge on any atom is -0.388 e. The summed E-state index contributed by atoms with van der Waals surface area (Å²) in [5, 5.41) is 11.8. The van der Waals surface area contributed by atoms with Crippen molar-refractivity contribution in [1.29, 1.82) is 0 Å². The number of halogens is 3. The number of fused-ring (bicyclic) bond motifs is 8. The summed E-state index contributed by atoms with van der Waals surface area (Å²) in [5.74, 6) is 4.85. The summed E-state index contributed by atoms with van der Waals surface area (Å²) >= 11 is 0. The molecule has 0 saturated carbocycles. The van der Waals surface area contributed by atoms with Crippen LogP contribution in [0.2, 0.25) is 0 Å². The van der Waals surface area contributed by atoms with E-state index in [-0.39, 0.29) is 36.3 Å². The topological polar surface area (TPSA) is 199 Å². The Bertz CT molecular complexity index is 2640. The Kier molecular flexibility index (Phi) is 10.6. The van der Waals surface area contributed by atoms with Crippen molar-refractivity contribution < 1.29 is 22.7 Å². The number of imidazole rings is 1. The van der Waals surface area contributed by atoms with E-state index in [1.54, 1.807) is 25.3 Å². The molecule has 61 heavy (non-hydrogen) atoms. The molecule has 8 heterocycles. The molecule has 3 fully saturated rings. The molecule has 0 aliphatic carbocycles. The number of hydrazone groups is 1. The normalized spacial score (nSPS) is 22.4. The Morgan fingerprint density at radius 2 is 1.80 bits per heavy atom. The zero-order valence-electron chi connectivity index (χ0n) is 33.8. The van der Waals surface area contributed by atoms with Crippen LogP contribution in [-0.4, -0.2) is 109 Å². The monoisotopic (exact) mass is 837 g/mol. The standard InChI is InChI=1S/C40H40F3N11O2.CH6N4/c1-21-45-32-14-23(42)12-28-31-8-5-9-35(47-31)46-24-15-34(39(55)50(2)19-27(56-3)20-51(21)36(28)32)52(18-24)37-29-17-44-54(33-11-10-22(41)13-30(33)43)38(29)49-40(48-37)53-25-6-4-7-26(53)16-25;2-1-4-5-3/h5,8-14,17,24-27,34H,4,6-7,15-16,18-20H2,1-3H3,(H,46,47);1,5H,3H2,(H2,2,4). The Balaban J connectivity index is 0.000000902. The van der Waals surface area contributed by atoms with Gasteiger partial charge in [0.05, 0.1) is 41.0 Å². The maximum atomic E-state index is 15.3. The van der Waals surface area contributed by atoms with E-state index >= 15 is 8.78 Å². The molecule has 6 bridgehead atoms. The molecule has 10 rings (SSSR count). The van der Waals surface area contributed by atoms with Gasteiger partial charge in [-0.05, 0) is 69.4 Å². The Morgan fingerprint density at radius 1 is 0.984 bits per heavy atom. The molecule has 1 amide bonds. The first-order valence-corrected chi connectivity index (χ1v) is 20.2. The van der Waals surface area contributed by atoms with Crippen LogP contribution in [-0.2, 0) is 16.1 Å². The number of hydrogen-bond acceptors (Lipinski definition) is 13. The first-order valence-electron chi connectivity index (χ1n) is 20.2. The van der Waals surface area contributed by atoms with Gasteiger partial charge in [0.25, 0.3) is 0 Å². The SMILES string of the molecule is COC1CN(C)C(=O)C2CC(CN2c2nc(N3C4CCCC3C4)nc3c2cnn3-c2ccc(F)cc2F)Nc2cccc(n2)-c2cc(F)cc3nc(C)n(c23)C1.N/C=N\NN. The van der Waals surface area contributed by atoms with Gasteiger partial charge < -0.3 is 35.1 Å². The minimum atomic E-state index is -0.773. The zero-order valence-corrected chi connectivity index (χ0v) is 33.8. The lowest BCUT2D eigenvalue weighted by Gasteiger charge is -2.53. The summed E-state index contributed by atoms with van der Waals surface area (Å²) in [6.45, 7) is 2.87. The number of amides is 1. The van der Waals surface area contributed by atoms with Crippen LogP contribution in [0.25, 0.3) is 39.0 Å². The van der Waals surface area contributed by atoms with E-state index in [4.69, 9.17) is 25.4 Å². The van der Waals surface area contributed by atoms with Crippen LogP contribution in [0.1, 0.15) is 37.9 Å². The molecule has 5 unspecified atom stereocenters. The van der Waals surface area contributed by atoms with Crippen LogP contribution in [0.15, 0.2) is 59.8 Å². The highest BCUT2D eigenvalue weighted by Gasteiger charge is 2.45. The number of piperidine rings is 1. The lowest BCUT2D eigenvalue weighted by atomic mass is 9.80. The molecule has 4 aromatic heterocycles. The zero-order chi connectivity index (χ0) is 42.5. The number of anilines is 3. The smallest absolute Gasteiger partial charge is 0.245 e. The van der Waals surface area contributed by atoms with Crippen LogP contribution >= 0.6 is 0 Å². The molecule has 17 nitrogen and oxygen atoms in total. The molecule has 0 radical (unpaired) electrons. The molecule has 3 saturated heterocycles. The van der Waals surface area contributed by atoms with Crippen molar-refractivity contribution in [3.63, 3.8) is 0 Å². The second-order valence-corrected chi connectivity index (χ2v) is 15.8. The average Bonchev–Trinajstić information content (AvgIpc) is 3.95. The fourth-order valence-corrected chi connectivity index (χ4v) is 9.33. The lowest BCUT2D eigenvalue weighted by Crippen LogP contribution is -2.59. The van der Waals surface area contributed by atoms with Gasteiger partial charge >= 0.3 is 0 Å². The van der Waals surface area contributed by atoms with Crippen molar-refractivity contribution in [1.82, 2.24) is 44.7 Å². The van der Waals surface area contributed by atoms with E-state index in [0.29, 0.717) is 70.7 Å². The van der Waals surface area contributed by atoms with Crippen LogP contribution in [0.4, 0.5) is 30.8 Å².